The van der Waals surface area contributed by atoms with Gasteiger partial charge in [0.05, 0.1) is 26.1 Å². The molecule has 29 heavy (non-hydrogen) atoms. The lowest BCUT2D eigenvalue weighted by Crippen LogP contribution is -2.27. The summed E-state index contributed by atoms with van der Waals surface area (Å²) >= 11 is 13.5. The van der Waals surface area contributed by atoms with Crippen molar-refractivity contribution in [2.75, 3.05) is 18.1 Å². The van der Waals surface area contributed by atoms with Gasteiger partial charge in [-0.25, -0.2) is 4.79 Å². The summed E-state index contributed by atoms with van der Waals surface area (Å²) in [4.78, 5) is 26.4. The Morgan fingerprint density at radius 3 is 2.48 bits per heavy atom. The Morgan fingerprint density at radius 1 is 1.21 bits per heavy atom. The third-order valence-electron chi connectivity index (χ3n) is 3.77. The number of thioether (sulfide) groups is 1. The van der Waals surface area contributed by atoms with Crippen LogP contribution in [-0.2, 0) is 14.3 Å². The van der Waals surface area contributed by atoms with E-state index < -0.39 is 5.97 Å². The largest absolute Gasteiger partial charge is 0.480 e. The van der Waals surface area contributed by atoms with Gasteiger partial charge in [-0.15, -0.1) is 0 Å². The molecular formula is C20H15Br2NO4S2. The van der Waals surface area contributed by atoms with Crippen molar-refractivity contribution in [1.29, 1.82) is 0 Å². The monoisotopic (exact) mass is 555 g/mol. The first-order valence-corrected chi connectivity index (χ1v) is 11.3. The molecule has 0 radical (unpaired) electrons. The lowest BCUT2D eigenvalue weighted by atomic mass is 10.2. The molecule has 1 saturated heterocycles. The number of amides is 1. The third kappa shape index (κ3) is 5.28. The van der Waals surface area contributed by atoms with Gasteiger partial charge in [-0.05, 0) is 74.7 Å². The van der Waals surface area contributed by atoms with Crippen LogP contribution < -0.4 is 9.64 Å². The Hall–Kier alpha value is -1.68. The maximum absolute atomic E-state index is 12.8. The van der Waals surface area contributed by atoms with Crippen molar-refractivity contribution < 1.29 is 19.1 Å². The topological polar surface area (TPSA) is 55.8 Å². The van der Waals surface area contributed by atoms with Crippen molar-refractivity contribution in [1.82, 2.24) is 0 Å². The number of halogens is 2. The number of carbonyl (C=O) groups is 2. The second-order valence-corrected chi connectivity index (χ2v) is 9.14. The van der Waals surface area contributed by atoms with Crippen LogP contribution in [0.25, 0.3) is 6.08 Å². The number of hydrogen-bond donors (Lipinski definition) is 0. The van der Waals surface area contributed by atoms with Gasteiger partial charge in [-0.2, -0.15) is 0 Å². The molecule has 1 amide bonds. The molecular weight excluding hydrogens is 542 g/mol. The molecule has 1 aliphatic heterocycles. The Bertz CT molecular complexity index is 972. The number of hydrogen-bond acceptors (Lipinski definition) is 6. The molecule has 0 spiro atoms. The zero-order valence-corrected chi connectivity index (χ0v) is 20.0. The van der Waals surface area contributed by atoms with Gasteiger partial charge in [0.2, 0.25) is 0 Å². The first-order valence-electron chi connectivity index (χ1n) is 8.51. The summed E-state index contributed by atoms with van der Waals surface area (Å²) in [5.74, 6) is -0.131. The average Bonchev–Trinajstić information content (AvgIpc) is 2.95. The van der Waals surface area contributed by atoms with Crippen LogP contribution in [0.5, 0.6) is 5.75 Å². The Kier molecular flexibility index (Phi) is 7.50. The number of thiocarbonyl (C=S) groups is 1. The molecule has 1 aliphatic rings. The number of carbonyl (C=O) groups excluding carboxylic acids is 2. The second kappa shape index (κ2) is 9.88. The quantitative estimate of drug-likeness (QED) is 0.264. The van der Waals surface area contributed by atoms with Crippen LogP contribution >= 0.6 is 55.8 Å². The maximum Gasteiger partial charge on any atom is 0.344 e. The van der Waals surface area contributed by atoms with Crippen molar-refractivity contribution >= 4 is 83.8 Å². The Balaban J connectivity index is 1.81. The van der Waals surface area contributed by atoms with Crippen molar-refractivity contribution in [3.63, 3.8) is 0 Å². The van der Waals surface area contributed by atoms with Gasteiger partial charge in [0.25, 0.3) is 5.91 Å². The number of esters is 1. The fraction of sp³-hybridized carbons (Fsp3) is 0.150. The number of para-hydroxylation sites is 1. The van der Waals surface area contributed by atoms with Crippen molar-refractivity contribution in [3.8, 4) is 5.75 Å². The summed E-state index contributed by atoms with van der Waals surface area (Å²) in [6.45, 7) is 1.84. The first-order chi connectivity index (χ1) is 13.9. The van der Waals surface area contributed by atoms with E-state index in [0.29, 0.717) is 30.5 Å². The van der Waals surface area contributed by atoms with Crippen molar-refractivity contribution in [3.05, 3.63) is 61.9 Å². The normalized spacial score (nSPS) is 15.1. The molecule has 1 fully saturated rings. The smallest absolute Gasteiger partial charge is 0.344 e. The number of anilines is 1. The minimum atomic E-state index is -0.444. The van der Waals surface area contributed by atoms with Gasteiger partial charge >= 0.3 is 5.97 Å². The minimum Gasteiger partial charge on any atom is -0.480 e. The van der Waals surface area contributed by atoms with E-state index in [4.69, 9.17) is 21.7 Å². The minimum absolute atomic E-state index is 0.166. The molecule has 5 nitrogen and oxygen atoms in total. The summed E-state index contributed by atoms with van der Waals surface area (Å²) in [5.41, 5.74) is 1.52. The van der Waals surface area contributed by atoms with Crippen LogP contribution in [-0.4, -0.2) is 29.4 Å². The average molecular weight is 557 g/mol. The van der Waals surface area contributed by atoms with E-state index in [2.05, 4.69) is 31.9 Å². The molecule has 0 unspecified atom stereocenters. The Morgan fingerprint density at radius 2 is 1.86 bits per heavy atom. The third-order valence-corrected chi connectivity index (χ3v) is 6.25. The van der Waals surface area contributed by atoms with Crippen LogP contribution in [0, 0.1) is 0 Å². The van der Waals surface area contributed by atoms with Crippen LogP contribution in [0.15, 0.2) is 56.3 Å². The molecule has 0 atom stereocenters. The molecule has 0 N–H and O–H groups in total. The van der Waals surface area contributed by atoms with E-state index >= 15 is 0 Å². The highest BCUT2D eigenvalue weighted by molar-refractivity contribution is 9.11. The number of nitrogens with zero attached hydrogens (tertiary/aromatic N) is 1. The van der Waals surface area contributed by atoms with E-state index in [9.17, 15) is 9.59 Å². The van der Waals surface area contributed by atoms with E-state index in [1.807, 2.05) is 30.3 Å². The van der Waals surface area contributed by atoms with Crippen molar-refractivity contribution in [2.24, 2.45) is 0 Å². The second-order valence-electron chi connectivity index (χ2n) is 5.76. The number of benzene rings is 2. The van der Waals surface area contributed by atoms with E-state index in [1.165, 1.54) is 16.7 Å². The predicted octanol–water partition coefficient (Wildman–Crippen LogP) is 5.56. The molecule has 0 bridgehead atoms. The highest BCUT2D eigenvalue weighted by atomic mass is 79.9. The molecule has 150 valence electrons. The zero-order chi connectivity index (χ0) is 21.0. The van der Waals surface area contributed by atoms with Crippen LogP contribution in [0.4, 0.5) is 5.69 Å². The van der Waals surface area contributed by atoms with Gasteiger partial charge < -0.3 is 9.47 Å². The van der Waals surface area contributed by atoms with E-state index in [1.54, 1.807) is 25.1 Å². The number of ether oxygens (including phenoxy) is 2. The molecule has 0 aromatic heterocycles. The summed E-state index contributed by atoms with van der Waals surface area (Å²) < 4.78 is 12.2. The lowest BCUT2D eigenvalue weighted by molar-refractivity contribution is -0.145. The highest BCUT2D eigenvalue weighted by Crippen LogP contribution is 2.39. The molecule has 3 rings (SSSR count). The SMILES string of the molecule is CCOC(=O)COc1c(Br)cc(/C=C2/SC(=S)N(c3ccccc3)C2=O)cc1Br. The van der Waals surface area contributed by atoms with Gasteiger partial charge in [-0.3, -0.25) is 9.69 Å². The van der Waals surface area contributed by atoms with Crippen LogP contribution in [0.2, 0.25) is 0 Å². The summed E-state index contributed by atoms with van der Waals surface area (Å²) in [5, 5.41) is 0. The molecule has 0 saturated carbocycles. The molecule has 2 aromatic rings. The highest BCUT2D eigenvalue weighted by Gasteiger charge is 2.33. The van der Waals surface area contributed by atoms with Crippen LogP contribution in [0.1, 0.15) is 12.5 Å². The van der Waals surface area contributed by atoms with Gasteiger partial charge in [-0.1, -0.05) is 42.2 Å². The summed E-state index contributed by atoms with van der Waals surface area (Å²) in [7, 11) is 0. The fourth-order valence-electron chi connectivity index (χ4n) is 2.55. The van der Waals surface area contributed by atoms with Crippen LogP contribution in [0.3, 0.4) is 0 Å². The molecule has 0 aliphatic carbocycles. The summed E-state index contributed by atoms with van der Waals surface area (Å²) in [6, 6.07) is 12.9. The fourth-order valence-corrected chi connectivity index (χ4v) is 5.30. The zero-order valence-electron chi connectivity index (χ0n) is 15.2. The van der Waals surface area contributed by atoms with Crippen molar-refractivity contribution in [2.45, 2.75) is 6.92 Å². The maximum atomic E-state index is 12.8. The molecule has 1 heterocycles. The molecule has 2 aromatic carbocycles. The predicted molar refractivity (Wildman–Crippen MR) is 126 cm³/mol. The first kappa shape index (κ1) is 22.0. The standard InChI is InChI=1S/C20H15Br2NO4S2/c1-2-26-17(24)11-27-18-14(21)8-12(9-15(18)22)10-16-19(25)23(20(28)29-16)13-6-4-3-5-7-13/h3-10H,2,11H2,1H3/b16-10+. The molecule has 9 heteroatoms. The van der Waals surface area contributed by atoms with Gasteiger partial charge in [0, 0.05) is 0 Å². The summed E-state index contributed by atoms with van der Waals surface area (Å²) in [6.07, 6.45) is 1.77. The van der Waals surface area contributed by atoms with Gasteiger partial charge in [0.15, 0.2) is 10.9 Å². The van der Waals surface area contributed by atoms with E-state index in [0.717, 1.165) is 11.3 Å². The number of rotatable bonds is 6. The lowest BCUT2D eigenvalue weighted by Gasteiger charge is -2.13. The Labute approximate surface area is 194 Å². The van der Waals surface area contributed by atoms with Gasteiger partial charge in [0.1, 0.15) is 5.75 Å². The van der Waals surface area contributed by atoms with E-state index in [-0.39, 0.29) is 12.5 Å².